The van der Waals surface area contributed by atoms with Gasteiger partial charge in [-0.3, -0.25) is 0 Å². The fourth-order valence-corrected chi connectivity index (χ4v) is 12.1. The van der Waals surface area contributed by atoms with Crippen LogP contribution in [0.1, 0.15) is 5.56 Å². The molecule has 15 aromatic rings. The van der Waals surface area contributed by atoms with Crippen LogP contribution in [0, 0.1) is 0 Å². The second-order valence-corrected chi connectivity index (χ2v) is 21.0. The summed E-state index contributed by atoms with van der Waals surface area (Å²) in [5.41, 5.74) is 13.6. The zero-order valence-electron chi connectivity index (χ0n) is 45.1. The van der Waals surface area contributed by atoms with E-state index in [-0.39, 0.29) is 11.3 Å². The summed E-state index contributed by atoms with van der Waals surface area (Å²) in [7, 11) is 0. The molecule has 8 heteroatoms. The van der Waals surface area contributed by atoms with E-state index < -0.39 is 11.7 Å². The third-order valence-electron chi connectivity index (χ3n) is 16.0. The monoisotopic (exact) mass is 1090 g/mol. The van der Waals surface area contributed by atoms with Crippen molar-refractivity contribution in [3.05, 3.63) is 297 Å². The smallest absolute Gasteiger partial charge is 0.309 e. The lowest BCUT2D eigenvalue weighted by Crippen LogP contribution is -2.13. The van der Waals surface area contributed by atoms with Crippen LogP contribution in [0.4, 0.5) is 13.2 Å². The van der Waals surface area contributed by atoms with E-state index in [0.717, 1.165) is 88.2 Å². The van der Waals surface area contributed by atoms with Crippen LogP contribution in [0.3, 0.4) is 0 Å². The van der Waals surface area contributed by atoms with Crippen molar-refractivity contribution in [1.29, 1.82) is 0 Å². The predicted octanol–water partition coefficient (Wildman–Crippen LogP) is 20.4. The van der Waals surface area contributed by atoms with E-state index >= 15 is 13.2 Å². The molecule has 0 aliphatic carbocycles. The molecular weight excluding hydrogens is 1040 g/mol. The molecule has 0 N–H and O–H groups in total. The number of fused-ring (bicyclic) bond motifs is 6. The second-order valence-electron chi connectivity index (χ2n) is 21.0. The predicted molar refractivity (Wildman–Crippen MR) is 337 cm³/mol. The van der Waals surface area contributed by atoms with Gasteiger partial charge in [0.15, 0.2) is 17.5 Å². The molecule has 398 valence electrons. The molecule has 0 aliphatic rings. The van der Waals surface area contributed by atoms with E-state index in [4.69, 9.17) is 15.0 Å². The summed E-state index contributed by atoms with van der Waals surface area (Å²) in [5, 5.41) is 3.70. The van der Waals surface area contributed by atoms with Crippen molar-refractivity contribution in [3.63, 3.8) is 0 Å². The molecule has 0 saturated carbocycles. The number of alkyl halides is 3. The average Bonchev–Trinajstić information content (AvgIpc) is 2.45. The van der Waals surface area contributed by atoms with Crippen LogP contribution >= 0.6 is 0 Å². The fraction of sp³-hybridized carbons (Fsp3) is 0.0132. The van der Waals surface area contributed by atoms with Gasteiger partial charge in [-0.05, 0) is 122 Å². The van der Waals surface area contributed by atoms with E-state index in [1.807, 2.05) is 200 Å². The Morgan fingerprint density at radius 3 is 0.917 bits per heavy atom. The van der Waals surface area contributed by atoms with Gasteiger partial charge in [0.2, 0.25) is 0 Å². The topological polar surface area (TPSA) is 48.5 Å². The molecule has 0 aliphatic heterocycles. The van der Waals surface area contributed by atoms with E-state index in [1.165, 1.54) is 0 Å². The van der Waals surface area contributed by atoms with Crippen LogP contribution < -0.4 is 0 Å². The number of nitrogens with zero attached hydrogens (tertiary/aromatic N) is 5. The average molecular weight is 1090 g/mol. The van der Waals surface area contributed by atoms with Crippen LogP contribution in [0.25, 0.3) is 145 Å². The number of halogens is 3. The summed E-state index contributed by atoms with van der Waals surface area (Å²) >= 11 is 0. The van der Waals surface area contributed by atoms with E-state index in [2.05, 4.69) is 77.4 Å². The van der Waals surface area contributed by atoms with Crippen molar-refractivity contribution >= 4 is 43.6 Å². The Kier molecular flexibility index (Phi) is 12.2. The molecule has 0 bridgehead atoms. The maximum Gasteiger partial charge on any atom is 0.419 e. The first-order valence-corrected chi connectivity index (χ1v) is 27.9. The molecule has 0 fully saturated rings. The van der Waals surface area contributed by atoms with Crippen LogP contribution in [0.15, 0.2) is 291 Å². The molecule has 3 heterocycles. The van der Waals surface area contributed by atoms with Crippen molar-refractivity contribution in [1.82, 2.24) is 24.1 Å². The first-order chi connectivity index (χ1) is 41.3. The number of rotatable bonds is 10. The maximum atomic E-state index is 16.8. The van der Waals surface area contributed by atoms with Gasteiger partial charge in [0.25, 0.3) is 0 Å². The van der Waals surface area contributed by atoms with Crippen molar-refractivity contribution < 1.29 is 13.2 Å². The normalized spacial score (nSPS) is 11.8. The third-order valence-corrected chi connectivity index (χ3v) is 16.0. The third kappa shape index (κ3) is 8.89. The first-order valence-electron chi connectivity index (χ1n) is 27.9. The maximum absolute atomic E-state index is 16.8. The van der Waals surface area contributed by atoms with Gasteiger partial charge in [0.1, 0.15) is 0 Å². The Hall–Kier alpha value is -11.0. The Morgan fingerprint density at radius 1 is 0.238 bits per heavy atom. The highest BCUT2D eigenvalue weighted by Gasteiger charge is 2.38. The first kappa shape index (κ1) is 50.0. The highest BCUT2D eigenvalue weighted by atomic mass is 19.4. The molecule has 0 radical (unpaired) electrons. The van der Waals surface area contributed by atoms with Gasteiger partial charge in [-0.2, -0.15) is 13.2 Å². The molecule has 0 amide bonds. The van der Waals surface area contributed by atoms with Gasteiger partial charge >= 0.3 is 6.18 Å². The number of hydrogen-bond donors (Lipinski definition) is 0. The Labute approximate surface area is 482 Å². The summed E-state index contributed by atoms with van der Waals surface area (Å²) in [5.74, 6) is 1.15. The van der Waals surface area contributed by atoms with Gasteiger partial charge in [0.05, 0.1) is 39.0 Å². The Balaban J connectivity index is 1.00. The van der Waals surface area contributed by atoms with E-state index in [0.29, 0.717) is 45.3 Å². The minimum Gasteiger partial charge on any atom is -0.309 e. The van der Waals surface area contributed by atoms with Gasteiger partial charge in [-0.15, -0.1) is 0 Å². The van der Waals surface area contributed by atoms with Gasteiger partial charge < -0.3 is 9.13 Å². The van der Waals surface area contributed by atoms with E-state index in [1.54, 1.807) is 22.8 Å². The van der Waals surface area contributed by atoms with Crippen molar-refractivity contribution in [2.24, 2.45) is 0 Å². The minimum absolute atomic E-state index is 0.00691. The number of hydrogen-bond acceptors (Lipinski definition) is 3. The summed E-state index contributed by atoms with van der Waals surface area (Å²) in [4.78, 5) is 15.6. The Bertz CT molecular complexity index is 4710. The standard InChI is InChI=1S/C76H48F3N5/c77-76(78,79)72-60(32-19-33-71(72)84-68-41-36-57(51-24-11-3-12-25-51)46-63(68)64-47-58(37-42-69(64)84)52-26-13-4-14-27-52)59-38-43-70(65(48-59)75-81-73(53-28-15-5-16-29-53)80-74(82-75)54-30-17-6-18-31-54)83-66-39-34-55(49-20-7-1-8-21-49)44-61(66)62-45-56(35-40-67(62)83)50-22-9-2-10-23-50/h1-48H. The number of benzene rings is 12. The molecule has 0 atom stereocenters. The molecule has 12 aromatic carbocycles. The molecule has 84 heavy (non-hydrogen) atoms. The lowest BCUT2D eigenvalue weighted by Gasteiger charge is -2.21. The summed E-state index contributed by atoms with van der Waals surface area (Å²) in [6.07, 6.45) is -4.82. The fourth-order valence-electron chi connectivity index (χ4n) is 12.1. The highest BCUT2D eigenvalue weighted by molar-refractivity contribution is 6.13. The molecular formula is C76H48F3N5. The summed E-state index contributed by atoms with van der Waals surface area (Å²) in [6, 6.07) is 95.7. The lowest BCUT2D eigenvalue weighted by molar-refractivity contribution is -0.136. The summed E-state index contributed by atoms with van der Waals surface area (Å²) < 4.78 is 54.3. The van der Waals surface area contributed by atoms with Crippen molar-refractivity contribution in [2.45, 2.75) is 6.18 Å². The SMILES string of the molecule is FC(F)(F)c1c(-c2ccc(-n3c4ccc(-c5ccccc5)cc4c4cc(-c5ccccc5)ccc43)c(-c3nc(-c4ccccc4)nc(-c4ccccc4)n3)c2)cccc1-n1c2ccc(-c3ccccc3)cc2c2cc(-c3ccccc3)ccc21. The van der Waals surface area contributed by atoms with Crippen LogP contribution in [-0.2, 0) is 6.18 Å². The largest absolute Gasteiger partial charge is 0.419 e. The lowest BCUT2D eigenvalue weighted by atomic mass is 9.95. The summed E-state index contributed by atoms with van der Waals surface area (Å²) in [6.45, 7) is 0. The van der Waals surface area contributed by atoms with Crippen LogP contribution in [0.5, 0.6) is 0 Å². The van der Waals surface area contributed by atoms with Crippen molar-refractivity contribution in [3.8, 4) is 101 Å². The van der Waals surface area contributed by atoms with Gasteiger partial charge in [-0.25, -0.2) is 15.0 Å². The van der Waals surface area contributed by atoms with E-state index in [9.17, 15) is 0 Å². The van der Waals surface area contributed by atoms with Crippen molar-refractivity contribution in [2.75, 3.05) is 0 Å². The Morgan fingerprint density at radius 2 is 0.560 bits per heavy atom. The molecule has 0 saturated heterocycles. The second kappa shape index (κ2) is 20.5. The number of aromatic nitrogens is 5. The van der Waals surface area contributed by atoms with Crippen LogP contribution in [-0.4, -0.2) is 24.1 Å². The molecule has 0 unspecified atom stereocenters. The van der Waals surface area contributed by atoms with Gasteiger partial charge in [0, 0.05) is 38.2 Å². The highest BCUT2D eigenvalue weighted by Crippen LogP contribution is 2.47. The molecule has 15 rings (SSSR count). The van der Waals surface area contributed by atoms with Gasteiger partial charge in [-0.1, -0.05) is 224 Å². The molecule has 3 aromatic heterocycles. The zero-order valence-corrected chi connectivity index (χ0v) is 45.1. The minimum atomic E-state index is -4.82. The molecule has 5 nitrogen and oxygen atoms in total. The molecule has 0 spiro atoms. The zero-order chi connectivity index (χ0) is 56.3. The quantitative estimate of drug-likeness (QED) is 0.137. The van der Waals surface area contributed by atoms with Crippen LogP contribution in [0.2, 0.25) is 0 Å².